The van der Waals surface area contributed by atoms with Gasteiger partial charge in [-0.3, -0.25) is 4.79 Å². The molecule has 166 valence electrons. The maximum Gasteiger partial charge on any atom is 0.573 e. The summed E-state index contributed by atoms with van der Waals surface area (Å²) in [7, 11) is 4.03. The standard InChI is InChI=1S/C20H22F3N5O2S/c1-27(2)13-7-8-28(10-13)19(29)16-9-15-17(24-11-25-18(15)31-16)26-12-3-5-14(6-4-12)30-20(21,22)23/h3,5-6,9,11-13H,4,7-8,10H2,1-2H3,(H,24,25,26). The number of anilines is 1. The Morgan fingerprint density at radius 2 is 2.16 bits per heavy atom. The van der Waals surface area contributed by atoms with Crippen molar-refractivity contribution in [2.75, 3.05) is 32.5 Å². The van der Waals surface area contributed by atoms with E-state index in [0.29, 0.717) is 46.5 Å². The number of ether oxygens (including phenoxy) is 1. The Morgan fingerprint density at radius 1 is 1.35 bits per heavy atom. The molecular weight excluding hydrogens is 431 g/mol. The van der Waals surface area contributed by atoms with E-state index in [2.05, 4.69) is 24.9 Å². The Kier molecular flexibility index (Phi) is 5.89. The van der Waals surface area contributed by atoms with Crippen molar-refractivity contribution in [2.45, 2.75) is 31.3 Å². The average Bonchev–Trinajstić information content (AvgIpc) is 3.36. The van der Waals surface area contributed by atoms with Gasteiger partial charge in [-0.2, -0.15) is 0 Å². The summed E-state index contributed by atoms with van der Waals surface area (Å²) in [5.41, 5.74) is 0. The molecule has 1 aliphatic heterocycles. The molecule has 2 atom stereocenters. The molecule has 31 heavy (non-hydrogen) atoms. The number of nitrogens with one attached hydrogen (secondary N) is 1. The summed E-state index contributed by atoms with van der Waals surface area (Å²) in [5.74, 6) is 0.285. The molecule has 0 aromatic carbocycles. The van der Waals surface area contributed by atoms with Crippen LogP contribution in [0.3, 0.4) is 0 Å². The molecule has 1 aliphatic carbocycles. The number of likely N-dealkylation sites (tertiary alicyclic amines) is 1. The van der Waals surface area contributed by atoms with Gasteiger partial charge in [-0.05, 0) is 45.2 Å². The molecule has 0 radical (unpaired) electrons. The lowest BCUT2D eigenvalue weighted by Crippen LogP contribution is -2.34. The highest BCUT2D eigenvalue weighted by Crippen LogP contribution is 2.31. The van der Waals surface area contributed by atoms with E-state index in [0.717, 1.165) is 6.42 Å². The number of hydrogen-bond donors (Lipinski definition) is 1. The number of rotatable bonds is 5. The largest absolute Gasteiger partial charge is 0.573 e. The number of thiophene rings is 1. The van der Waals surface area contributed by atoms with Crippen LogP contribution in [0.1, 0.15) is 22.5 Å². The fraction of sp³-hybridized carbons (Fsp3) is 0.450. The van der Waals surface area contributed by atoms with E-state index in [9.17, 15) is 18.0 Å². The van der Waals surface area contributed by atoms with Crippen molar-refractivity contribution in [1.29, 1.82) is 0 Å². The molecule has 2 aromatic rings. The number of carbonyl (C=O) groups excluding carboxylic acids is 1. The van der Waals surface area contributed by atoms with Crippen molar-refractivity contribution in [3.05, 3.63) is 41.3 Å². The van der Waals surface area contributed by atoms with Crippen LogP contribution in [-0.2, 0) is 4.74 Å². The molecule has 0 bridgehead atoms. The lowest BCUT2D eigenvalue weighted by molar-refractivity contribution is -0.303. The first kappa shape index (κ1) is 21.6. The average molecular weight is 453 g/mol. The summed E-state index contributed by atoms with van der Waals surface area (Å²) in [6.07, 6.45) is 2.20. The Hall–Kier alpha value is -2.66. The van der Waals surface area contributed by atoms with Gasteiger partial charge in [0.05, 0.1) is 10.3 Å². The summed E-state index contributed by atoms with van der Waals surface area (Å²) in [6.45, 7) is 1.41. The van der Waals surface area contributed by atoms with Crippen LogP contribution in [0, 0.1) is 0 Å². The van der Waals surface area contributed by atoms with Crippen molar-refractivity contribution in [3.63, 3.8) is 0 Å². The van der Waals surface area contributed by atoms with Gasteiger partial charge in [0.2, 0.25) is 0 Å². The molecule has 3 heterocycles. The number of amides is 1. The highest BCUT2D eigenvalue weighted by Gasteiger charge is 2.32. The lowest BCUT2D eigenvalue weighted by Gasteiger charge is -2.20. The third-order valence-electron chi connectivity index (χ3n) is 5.34. The van der Waals surface area contributed by atoms with Gasteiger partial charge >= 0.3 is 6.36 Å². The molecule has 1 amide bonds. The van der Waals surface area contributed by atoms with E-state index < -0.39 is 6.36 Å². The lowest BCUT2D eigenvalue weighted by atomic mass is 10.1. The van der Waals surface area contributed by atoms with Crippen LogP contribution in [0.2, 0.25) is 0 Å². The molecule has 2 unspecified atom stereocenters. The van der Waals surface area contributed by atoms with E-state index in [1.807, 2.05) is 19.0 Å². The molecule has 1 fully saturated rings. The second kappa shape index (κ2) is 8.46. The number of aromatic nitrogens is 2. The zero-order valence-corrected chi connectivity index (χ0v) is 17.8. The monoisotopic (exact) mass is 453 g/mol. The quantitative estimate of drug-likeness (QED) is 0.746. The number of hydrogen-bond acceptors (Lipinski definition) is 7. The zero-order chi connectivity index (χ0) is 22.2. The van der Waals surface area contributed by atoms with Gasteiger partial charge in [-0.25, -0.2) is 9.97 Å². The van der Waals surface area contributed by atoms with Crippen LogP contribution >= 0.6 is 11.3 Å². The molecule has 0 saturated carbocycles. The summed E-state index contributed by atoms with van der Waals surface area (Å²) in [4.78, 5) is 26.8. The first-order chi connectivity index (χ1) is 14.7. The smallest absolute Gasteiger partial charge is 0.406 e. The molecule has 0 spiro atoms. The molecule has 7 nitrogen and oxygen atoms in total. The maximum atomic E-state index is 13.0. The molecule has 1 N–H and O–H groups in total. The van der Waals surface area contributed by atoms with E-state index >= 15 is 0 Å². The number of carbonyl (C=O) groups is 1. The first-order valence-corrected chi connectivity index (χ1v) is 10.6. The Balaban J connectivity index is 1.46. The second-order valence-corrected chi connectivity index (χ2v) is 8.74. The number of allylic oxidation sites excluding steroid dienone is 1. The van der Waals surface area contributed by atoms with Crippen LogP contribution in [-0.4, -0.2) is 71.3 Å². The van der Waals surface area contributed by atoms with Gasteiger partial charge < -0.3 is 19.9 Å². The van der Waals surface area contributed by atoms with E-state index in [1.54, 1.807) is 12.1 Å². The van der Waals surface area contributed by atoms with Crippen LogP contribution in [0.15, 0.2) is 36.4 Å². The third kappa shape index (κ3) is 4.99. The van der Waals surface area contributed by atoms with Crippen LogP contribution in [0.5, 0.6) is 0 Å². The summed E-state index contributed by atoms with van der Waals surface area (Å²) in [6, 6.07) is 1.89. The van der Waals surface area contributed by atoms with E-state index in [4.69, 9.17) is 0 Å². The molecule has 4 rings (SSSR count). The van der Waals surface area contributed by atoms with Gasteiger partial charge in [-0.15, -0.1) is 24.5 Å². The Bertz CT molecular complexity index is 1030. The summed E-state index contributed by atoms with van der Waals surface area (Å²) >= 11 is 1.31. The molecule has 2 aromatic heterocycles. The highest BCUT2D eigenvalue weighted by molar-refractivity contribution is 7.20. The minimum absolute atomic E-state index is 0.0206. The van der Waals surface area contributed by atoms with Gasteiger partial charge in [0.15, 0.2) is 0 Å². The number of likely N-dealkylation sites (N-methyl/N-ethyl adjacent to an activating group) is 1. The van der Waals surface area contributed by atoms with Gasteiger partial charge in [0.1, 0.15) is 22.7 Å². The predicted molar refractivity (Wildman–Crippen MR) is 112 cm³/mol. The molecular formula is C20H22F3N5O2S. The van der Waals surface area contributed by atoms with Crippen LogP contribution in [0.25, 0.3) is 10.2 Å². The Labute approximate surface area is 181 Å². The normalized spacial score (nSPS) is 21.6. The van der Waals surface area contributed by atoms with Crippen molar-refractivity contribution in [3.8, 4) is 0 Å². The highest BCUT2D eigenvalue weighted by atomic mass is 32.1. The number of alkyl halides is 3. The second-order valence-electron chi connectivity index (χ2n) is 7.71. The van der Waals surface area contributed by atoms with E-state index in [-0.39, 0.29) is 17.7 Å². The van der Waals surface area contributed by atoms with Crippen LogP contribution in [0.4, 0.5) is 19.0 Å². The molecule has 11 heteroatoms. The minimum Gasteiger partial charge on any atom is -0.406 e. The Morgan fingerprint density at radius 3 is 2.81 bits per heavy atom. The van der Waals surface area contributed by atoms with Gasteiger partial charge in [0.25, 0.3) is 5.91 Å². The summed E-state index contributed by atoms with van der Waals surface area (Å²) in [5, 5.41) is 3.92. The van der Waals surface area contributed by atoms with E-state index in [1.165, 1.54) is 29.8 Å². The molecule has 1 saturated heterocycles. The SMILES string of the molecule is CN(C)C1CCN(C(=O)c2cc3c(NC4C=CC(OC(F)(F)F)=CC4)ncnc3s2)C1. The van der Waals surface area contributed by atoms with Crippen molar-refractivity contribution in [1.82, 2.24) is 19.8 Å². The number of halogens is 3. The zero-order valence-electron chi connectivity index (χ0n) is 17.0. The van der Waals surface area contributed by atoms with Gasteiger partial charge in [-0.1, -0.05) is 6.08 Å². The summed E-state index contributed by atoms with van der Waals surface area (Å²) < 4.78 is 40.9. The minimum atomic E-state index is -4.71. The number of fused-ring (bicyclic) bond motifs is 1. The number of nitrogens with zero attached hydrogens (tertiary/aromatic N) is 4. The van der Waals surface area contributed by atoms with Gasteiger partial charge in [0, 0.05) is 25.2 Å². The van der Waals surface area contributed by atoms with Crippen molar-refractivity contribution >= 4 is 33.3 Å². The fourth-order valence-electron chi connectivity index (χ4n) is 3.67. The van der Waals surface area contributed by atoms with Crippen LogP contribution < -0.4 is 5.32 Å². The molecule has 2 aliphatic rings. The van der Waals surface area contributed by atoms with Crippen molar-refractivity contribution < 1.29 is 22.7 Å². The third-order valence-corrected chi connectivity index (χ3v) is 6.37. The fourth-order valence-corrected chi connectivity index (χ4v) is 4.64. The van der Waals surface area contributed by atoms with Crippen molar-refractivity contribution in [2.24, 2.45) is 0 Å². The first-order valence-electron chi connectivity index (χ1n) is 9.80. The predicted octanol–water partition coefficient (Wildman–Crippen LogP) is 3.63. The maximum absolute atomic E-state index is 13.0. The topological polar surface area (TPSA) is 70.6 Å².